The van der Waals surface area contributed by atoms with E-state index < -0.39 is 15.6 Å². The Morgan fingerprint density at radius 2 is 1.45 bits per heavy atom. The highest BCUT2D eigenvalue weighted by Crippen LogP contribution is 2.26. The number of hydrogen-bond donors (Lipinski definition) is 1. The molecule has 2 aromatic carbocycles. The molecule has 1 N–H and O–H groups in total. The molecular formula is C16H19NO2S. The zero-order valence-corrected chi connectivity index (χ0v) is 12.5. The lowest BCUT2D eigenvalue weighted by atomic mass is 9.91. The third kappa shape index (κ3) is 3.08. The van der Waals surface area contributed by atoms with Gasteiger partial charge in [0.05, 0.1) is 10.4 Å². The van der Waals surface area contributed by atoms with Crippen molar-refractivity contribution in [2.45, 2.75) is 30.7 Å². The average Bonchev–Trinajstić information content (AvgIpc) is 2.48. The molecule has 0 spiro atoms. The van der Waals surface area contributed by atoms with E-state index in [0.29, 0.717) is 6.42 Å². The third-order valence-corrected chi connectivity index (χ3v) is 5.14. The summed E-state index contributed by atoms with van der Waals surface area (Å²) >= 11 is 0. The molecule has 0 saturated carbocycles. The summed E-state index contributed by atoms with van der Waals surface area (Å²) in [6.07, 6.45) is 0.670. The van der Waals surface area contributed by atoms with Crippen molar-refractivity contribution in [3.8, 4) is 0 Å². The van der Waals surface area contributed by atoms with E-state index in [-0.39, 0.29) is 4.90 Å². The van der Waals surface area contributed by atoms with Gasteiger partial charge in [-0.3, -0.25) is 0 Å². The van der Waals surface area contributed by atoms with Crippen molar-refractivity contribution < 1.29 is 8.42 Å². The number of sulfonamides is 1. The largest absolute Gasteiger partial charge is 0.241 e. The molecule has 0 aromatic heterocycles. The van der Waals surface area contributed by atoms with Crippen molar-refractivity contribution >= 4 is 10.0 Å². The van der Waals surface area contributed by atoms with Crippen LogP contribution in [0.25, 0.3) is 0 Å². The van der Waals surface area contributed by atoms with Crippen LogP contribution in [0, 0.1) is 0 Å². The first-order valence-corrected chi connectivity index (χ1v) is 8.11. The van der Waals surface area contributed by atoms with E-state index in [2.05, 4.69) is 4.72 Å². The molecule has 0 fully saturated rings. The Labute approximate surface area is 120 Å². The predicted molar refractivity (Wildman–Crippen MR) is 80.8 cm³/mol. The van der Waals surface area contributed by atoms with Crippen LogP contribution in [-0.2, 0) is 15.6 Å². The Kier molecular flexibility index (Phi) is 4.26. The first-order valence-electron chi connectivity index (χ1n) is 6.62. The van der Waals surface area contributed by atoms with Crippen LogP contribution in [0.15, 0.2) is 65.6 Å². The van der Waals surface area contributed by atoms with Crippen molar-refractivity contribution in [2.24, 2.45) is 0 Å². The van der Waals surface area contributed by atoms with E-state index >= 15 is 0 Å². The minimum Gasteiger partial charge on any atom is -0.207 e. The van der Waals surface area contributed by atoms with Crippen LogP contribution in [0.1, 0.15) is 25.8 Å². The molecule has 0 amide bonds. The highest BCUT2D eigenvalue weighted by atomic mass is 32.2. The van der Waals surface area contributed by atoms with Crippen LogP contribution in [0.5, 0.6) is 0 Å². The Hall–Kier alpha value is -1.65. The van der Waals surface area contributed by atoms with Crippen LogP contribution < -0.4 is 4.72 Å². The third-order valence-electron chi connectivity index (χ3n) is 3.53. The highest BCUT2D eigenvalue weighted by Gasteiger charge is 2.30. The van der Waals surface area contributed by atoms with Crippen LogP contribution in [0.2, 0.25) is 0 Å². The highest BCUT2D eigenvalue weighted by molar-refractivity contribution is 7.89. The molecule has 0 aliphatic heterocycles. The van der Waals surface area contributed by atoms with E-state index in [1.807, 2.05) is 44.2 Å². The van der Waals surface area contributed by atoms with Gasteiger partial charge in [-0.15, -0.1) is 0 Å². The topological polar surface area (TPSA) is 46.2 Å². The monoisotopic (exact) mass is 289 g/mol. The normalized spacial score (nSPS) is 14.7. The van der Waals surface area contributed by atoms with E-state index in [4.69, 9.17) is 0 Å². The Balaban J connectivity index is 2.36. The summed E-state index contributed by atoms with van der Waals surface area (Å²) in [5.74, 6) is 0. The molecule has 0 radical (unpaired) electrons. The fraction of sp³-hybridized carbons (Fsp3) is 0.250. The molecule has 0 heterocycles. The fourth-order valence-corrected chi connectivity index (χ4v) is 3.58. The van der Waals surface area contributed by atoms with Crippen molar-refractivity contribution in [3.05, 3.63) is 66.2 Å². The van der Waals surface area contributed by atoms with Crippen molar-refractivity contribution in [1.82, 2.24) is 4.72 Å². The Morgan fingerprint density at radius 3 is 1.95 bits per heavy atom. The zero-order valence-electron chi connectivity index (χ0n) is 11.7. The van der Waals surface area contributed by atoms with Gasteiger partial charge in [0.2, 0.25) is 10.0 Å². The molecule has 20 heavy (non-hydrogen) atoms. The van der Waals surface area contributed by atoms with Crippen LogP contribution in [0.4, 0.5) is 0 Å². The maximum Gasteiger partial charge on any atom is 0.241 e. The number of nitrogens with one attached hydrogen (secondary N) is 1. The molecule has 3 nitrogen and oxygen atoms in total. The SMILES string of the molecule is CC[C@@](C)(NS(=O)(=O)c1ccccc1)c1ccccc1. The zero-order chi connectivity index (χ0) is 14.6. The second kappa shape index (κ2) is 5.77. The maximum atomic E-state index is 12.5. The average molecular weight is 289 g/mol. The minimum atomic E-state index is -3.53. The summed E-state index contributed by atoms with van der Waals surface area (Å²) in [6.45, 7) is 3.88. The predicted octanol–water partition coefficient (Wildman–Crippen LogP) is 3.29. The Bertz CT molecular complexity index is 653. The molecule has 2 aromatic rings. The van der Waals surface area contributed by atoms with Crippen LogP contribution in [0.3, 0.4) is 0 Å². The van der Waals surface area contributed by atoms with Gasteiger partial charge in [0.1, 0.15) is 0 Å². The van der Waals surface area contributed by atoms with Crippen LogP contribution in [-0.4, -0.2) is 8.42 Å². The quantitative estimate of drug-likeness (QED) is 0.918. The lowest BCUT2D eigenvalue weighted by molar-refractivity contribution is 0.417. The molecule has 0 saturated heterocycles. The van der Waals surface area contributed by atoms with Crippen molar-refractivity contribution in [3.63, 3.8) is 0 Å². The standard InChI is InChI=1S/C16H19NO2S/c1-3-16(2,14-10-6-4-7-11-14)17-20(18,19)15-12-8-5-9-13-15/h4-13,17H,3H2,1-2H3/t16-/m1/s1. The van der Waals surface area contributed by atoms with Gasteiger partial charge >= 0.3 is 0 Å². The lowest BCUT2D eigenvalue weighted by Crippen LogP contribution is -2.42. The van der Waals surface area contributed by atoms with Crippen molar-refractivity contribution in [1.29, 1.82) is 0 Å². The van der Waals surface area contributed by atoms with Gasteiger partial charge in [-0.1, -0.05) is 55.5 Å². The molecule has 0 aliphatic rings. The van der Waals surface area contributed by atoms with E-state index in [1.54, 1.807) is 30.3 Å². The first-order chi connectivity index (χ1) is 9.48. The van der Waals surface area contributed by atoms with Gasteiger partial charge in [-0.05, 0) is 31.0 Å². The smallest absolute Gasteiger partial charge is 0.207 e. The maximum absolute atomic E-state index is 12.5. The van der Waals surface area contributed by atoms with Gasteiger partial charge < -0.3 is 0 Å². The molecule has 106 valence electrons. The molecule has 0 aliphatic carbocycles. The molecule has 4 heteroatoms. The molecule has 0 bridgehead atoms. The second-order valence-electron chi connectivity index (χ2n) is 4.97. The summed E-state index contributed by atoms with van der Waals surface area (Å²) in [5.41, 5.74) is 0.345. The summed E-state index contributed by atoms with van der Waals surface area (Å²) in [6, 6.07) is 18.1. The summed E-state index contributed by atoms with van der Waals surface area (Å²) < 4.78 is 27.8. The van der Waals surface area contributed by atoms with E-state index in [9.17, 15) is 8.42 Å². The van der Waals surface area contributed by atoms with Gasteiger partial charge in [0.15, 0.2) is 0 Å². The van der Waals surface area contributed by atoms with E-state index in [0.717, 1.165) is 5.56 Å². The number of hydrogen-bond acceptors (Lipinski definition) is 2. The first kappa shape index (κ1) is 14.8. The number of benzene rings is 2. The molecular weight excluding hydrogens is 270 g/mol. The number of rotatable bonds is 5. The molecule has 0 unspecified atom stereocenters. The summed E-state index contributed by atoms with van der Waals surface area (Å²) in [5, 5.41) is 0. The van der Waals surface area contributed by atoms with Gasteiger partial charge in [0, 0.05) is 0 Å². The van der Waals surface area contributed by atoms with Crippen molar-refractivity contribution in [2.75, 3.05) is 0 Å². The van der Waals surface area contributed by atoms with Crippen LogP contribution >= 0.6 is 0 Å². The molecule has 2 rings (SSSR count). The van der Waals surface area contributed by atoms with E-state index in [1.165, 1.54) is 0 Å². The van der Waals surface area contributed by atoms with Gasteiger partial charge in [0.25, 0.3) is 0 Å². The summed E-state index contributed by atoms with van der Waals surface area (Å²) in [4.78, 5) is 0.288. The second-order valence-corrected chi connectivity index (χ2v) is 6.65. The van der Waals surface area contributed by atoms with Gasteiger partial charge in [-0.25, -0.2) is 13.1 Å². The fourth-order valence-electron chi connectivity index (χ4n) is 2.10. The van der Waals surface area contributed by atoms with Gasteiger partial charge in [-0.2, -0.15) is 0 Å². The summed E-state index contributed by atoms with van der Waals surface area (Å²) in [7, 11) is -3.53. The minimum absolute atomic E-state index is 0.288. The Morgan fingerprint density at radius 1 is 0.950 bits per heavy atom. The lowest BCUT2D eigenvalue weighted by Gasteiger charge is -2.30. The molecule has 1 atom stereocenters.